The Bertz CT molecular complexity index is 1580. The molecule has 5 aromatic rings. The van der Waals surface area contributed by atoms with Gasteiger partial charge in [-0.25, -0.2) is 9.97 Å². The van der Waals surface area contributed by atoms with Crippen molar-refractivity contribution >= 4 is 55.6 Å². The minimum absolute atomic E-state index is 0.0364. The van der Waals surface area contributed by atoms with Crippen LogP contribution < -0.4 is 11.1 Å². The molecule has 0 unspecified atom stereocenters. The molecule has 0 saturated heterocycles. The van der Waals surface area contributed by atoms with Crippen molar-refractivity contribution < 1.29 is 0 Å². The summed E-state index contributed by atoms with van der Waals surface area (Å²) in [5.74, 6) is 0.981. The van der Waals surface area contributed by atoms with Crippen LogP contribution in [0, 0.1) is 6.92 Å². The van der Waals surface area contributed by atoms with Crippen LogP contribution in [0.4, 0.5) is 0 Å². The lowest BCUT2D eigenvalue weighted by Crippen LogP contribution is -2.25. The topological polar surface area (TPSA) is 80.6 Å². The third-order valence-electron chi connectivity index (χ3n) is 5.13. The largest absolute Gasteiger partial charge is 0.309 e. The zero-order valence-corrected chi connectivity index (χ0v) is 20.2. The molecule has 0 atom stereocenters. The van der Waals surface area contributed by atoms with Gasteiger partial charge in [0.15, 0.2) is 5.16 Å². The number of H-pyrrole nitrogens is 1. The Balaban J connectivity index is 1.51. The predicted molar refractivity (Wildman–Crippen MR) is 134 cm³/mol. The van der Waals surface area contributed by atoms with Crippen molar-refractivity contribution in [2.45, 2.75) is 37.7 Å². The zero-order chi connectivity index (χ0) is 22.4. The number of para-hydroxylation sites is 1. The fourth-order valence-electron chi connectivity index (χ4n) is 3.64. The number of hydrogen-bond acceptors (Lipinski definition) is 7. The van der Waals surface area contributed by atoms with Crippen LogP contribution in [0.15, 0.2) is 56.5 Å². The van der Waals surface area contributed by atoms with Gasteiger partial charge in [-0.15, -0.1) is 22.7 Å². The fraction of sp³-hybridized carbons (Fsp3) is 0.217. The van der Waals surface area contributed by atoms with Crippen LogP contribution in [0.3, 0.4) is 0 Å². The van der Waals surface area contributed by atoms with Gasteiger partial charge in [-0.1, -0.05) is 23.9 Å². The number of benzene rings is 1. The van der Waals surface area contributed by atoms with Crippen LogP contribution in [0.5, 0.6) is 0 Å². The van der Waals surface area contributed by atoms with Crippen LogP contribution in [-0.2, 0) is 5.75 Å². The molecule has 4 heterocycles. The fourth-order valence-corrected chi connectivity index (χ4v) is 6.56. The lowest BCUT2D eigenvalue weighted by molar-refractivity contribution is 0.519. The number of aryl methyl sites for hydroxylation is 1. The Labute approximate surface area is 196 Å². The number of thioether (sulfide) groups is 1. The highest BCUT2D eigenvalue weighted by Gasteiger charge is 2.17. The highest BCUT2D eigenvalue weighted by atomic mass is 32.2. The van der Waals surface area contributed by atoms with Gasteiger partial charge in [0.05, 0.1) is 22.0 Å². The third-order valence-corrected chi connectivity index (χ3v) is 8.00. The average Bonchev–Trinajstić information content (AvgIpc) is 3.38. The summed E-state index contributed by atoms with van der Waals surface area (Å²) in [5.41, 5.74) is 1.41. The summed E-state index contributed by atoms with van der Waals surface area (Å²) in [6.45, 7) is 5.99. The molecule has 5 rings (SSSR count). The molecule has 9 heteroatoms. The molecule has 0 radical (unpaired) electrons. The Hall–Kier alpha value is -2.75. The van der Waals surface area contributed by atoms with Gasteiger partial charge in [-0.2, -0.15) is 0 Å². The maximum absolute atomic E-state index is 13.0. The summed E-state index contributed by atoms with van der Waals surface area (Å²) < 4.78 is 1.70. The molecule has 1 aromatic carbocycles. The number of thiophene rings is 2. The van der Waals surface area contributed by atoms with Crippen molar-refractivity contribution in [3.05, 3.63) is 73.2 Å². The first-order valence-corrected chi connectivity index (χ1v) is 12.8. The van der Waals surface area contributed by atoms with Crippen LogP contribution in [0.1, 0.15) is 30.6 Å². The molecule has 32 heavy (non-hydrogen) atoms. The van der Waals surface area contributed by atoms with E-state index < -0.39 is 0 Å². The number of fused-ring (bicyclic) bond motifs is 2. The van der Waals surface area contributed by atoms with E-state index in [4.69, 9.17) is 9.97 Å². The first-order chi connectivity index (χ1) is 15.4. The van der Waals surface area contributed by atoms with E-state index in [1.54, 1.807) is 22.0 Å². The van der Waals surface area contributed by atoms with Crippen LogP contribution in [-0.4, -0.2) is 19.5 Å². The van der Waals surface area contributed by atoms with E-state index in [1.807, 2.05) is 43.5 Å². The molecular weight excluding hydrogens is 460 g/mol. The van der Waals surface area contributed by atoms with E-state index in [9.17, 15) is 9.59 Å². The van der Waals surface area contributed by atoms with E-state index in [-0.39, 0.29) is 17.2 Å². The van der Waals surface area contributed by atoms with Crippen LogP contribution >= 0.6 is 34.4 Å². The molecule has 0 aliphatic heterocycles. The predicted octanol–water partition coefficient (Wildman–Crippen LogP) is 5.60. The molecule has 0 bridgehead atoms. The molecule has 1 N–H and O–H groups in total. The summed E-state index contributed by atoms with van der Waals surface area (Å²) >= 11 is 4.55. The minimum Gasteiger partial charge on any atom is -0.309 e. The van der Waals surface area contributed by atoms with Gasteiger partial charge >= 0.3 is 0 Å². The average molecular weight is 481 g/mol. The van der Waals surface area contributed by atoms with Crippen molar-refractivity contribution in [3.8, 4) is 10.4 Å². The van der Waals surface area contributed by atoms with Crippen molar-refractivity contribution in [1.82, 2.24) is 19.5 Å². The Morgan fingerprint density at radius 3 is 2.69 bits per heavy atom. The third kappa shape index (κ3) is 3.70. The molecule has 0 amide bonds. The quantitative estimate of drug-likeness (QED) is 0.261. The second kappa shape index (κ2) is 8.31. The van der Waals surface area contributed by atoms with Crippen molar-refractivity contribution in [3.63, 3.8) is 0 Å². The molecule has 0 saturated carbocycles. The zero-order valence-electron chi connectivity index (χ0n) is 17.7. The number of aromatic nitrogens is 4. The van der Waals surface area contributed by atoms with E-state index >= 15 is 0 Å². The molecule has 4 aromatic heterocycles. The van der Waals surface area contributed by atoms with Crippen molar-refractivity contribution in [1.29, 1.82) is 0 Å². The smallest absolute Gasteiger partial charge is 0.262 e. The van der Waals surface area contributed by atoms with E-state index in [0.717, 1.165) is 15.3 Å². The number of aromatic amines is 1. The molecular formula is C23H20N4O2S3. The second-order valence-corrected chi connectivity index (χ2v) is 10.8. The molecule has 6 nitrogen and oxygen atoms in total. The lowest BCUT2D eigenvalue weighted by Gasteiger charge is -2.15. The van der Waals surface area contributed by atoms with E-state index in [1.165, 1.54) is 28.0 Å². The monoisotopic (exact) mass is 480 g/mol. The van der Waals surface area contributed by atoms with Gasteiger partial charge in [0.2, 0.25) is 0 Å². The van der Waals surface area contributed by atoms with Crippen molar-refractivity contribution in [2.24, 2.45) is 0 Å². The van der Waals surface area contributed by atoms with Gasteiger partial charge in [0.1, 0.15) is 10.7 Å². The Kier molecular flexibility index (Phi) is 5.48. The Morgan fingerprint density at radius 2 is 1.94 bits per heavy atom. The minimum atomic E-state index is -0.138. The number of nitrogens with one attached hydrogen (secondary N) is 1. The number of hydrogen-bond donors (Lipinski definition) is 1. The Morgan fingerprint density at radius 1 is 1.12 bits per heavy atom. The first-order valence-electron chi connectivity index (χ1n) is 10.1. The second-order valence-electron chi connectivity index (χ2n) is 7.72. The van der Waals surface area contributed by atoms with E-state index in [2.05, 4.69) is 18.0 Å². The highest BCUT2D eigenvalue weighted by Crippen LogP contribution is 2.35. The van der Waals surface area contributed by atoms with Crippen LogP contribution in [0.2, 0.25) is 0 Å². The SMILES string of the molecule is Cc1ccc(-c2csc3nc(CSc4nc5ccccc5c(=O)n4C(C)C)[nH]c(=O)c23)s1. The summed E-state index contributed by atoms with van der Waals surface area (Å²) in [6.07, 6.45) is 0. The van der Waals surface area contributed by atoms with Crippen LogP contribution in [0.25, 0.3) is 31.6 Å². The maximum Gasteiger partial charge on any atom is 0.262 e. The summed E-state index contributed by atoms with van der Waals surface area (Å²) in [5, 5.41) is 3.85. The summed E-state index contributed by atoms with van der Waals surface area (Å²) in [7, 11) is 0. The van der Waals surface area contributed by atoms with Gasteiger partial charge < -0.3 is 4.98 Å². The van der Waals surface area contributed by atoms with Gasteiger partial charge in [0, 0.05) is 26.7 Å². The number of nitrogens with zero attached hydrogens (tertiary/aromatic N) is 3. The molecule has 0 spiro atoms. The summed E-state index contributed by atoms with van der Waals surface area (Å²) in [6, 6.07) is 11.4. The molecule has 0 aliphatic rings. The standard InChI is InChI=1S/C23H20N4O2S3/c1-12(2)27-22(29)14-6-4-5-7-16(14)24-23(27)31-11-18-25-20(28)19-15(10-30-21(19)26-18)17-9-8-13(3)32-17/h4-10,12H,11H2,1-3H3,(H,25,26,28). The van der Waals surface area contributed by atoms with E-state index in [0.29, 0.717) is 33.0 Å². The maximum atomic E-state index is 13.0. The molecule has 0 aliphatic carbocycles. The van der Waals surface area contributed by atoms with Gasteiger partial charge in [0.25, 0.3) is 11.1 Å². The highest BCUT2D eigenvalue weighted by molar-refractivity contribution is 7.98. The number of rotatable bonds is 5. The molecule has 0 fully saturated rings. The summed E-state index contributed by atoms with van der Waals surface area (Å²) in [4.78, 5) is 41.3. The van der Waals surface area contributed by atoms with Gasteiger partial charge in [-0.3, -0.25) is 14.2 Å². The normalized spacial score (nSPS) is 11.8. The lowest BCUT2D eigenvalue weighted by atomic mass is 10.2. The van der Waals surface area contributed by atoms with Crippen molar-refractivity contribution in [2.75, 3.05) is 0 Å². The van der Waals surface area contributed by atoms with Gasteiger partial charge in [-0.05, 0) is 45.0 Å². The molecule has 162 valence electrons. The first kappa shape index (κ1) is 21.1.